The summed E-state index contributed by atoms with van der Waals surface area (Å²) >= 11 is 1.36. The largest absolute Gasteiger partial charge is 0.381 e. The lowest BCUT2D eigenvalue weighted by molar-refractivity contribution is -0.139. The number of aromatic nitrogens is 1. The van der Waals surface area contributed by atoms with Crippen LogP contribution >= 0.6 is 11.5 Å². The number of hydrogen-bond acceptors (Lipinski definition) is 5. The van der Waals surface area contributed by atoms with Gasteiger partial charge in [0.05, 0.1) is 18.9 Å². The minimum absolute atomic E-state index is 0.00660. The number of piperidine rings is 1. The van der Waals surface area contributed by atoms with Crippen LogP contribution in [0.25, 0.3) is 0 Å². The SMILES string of the molecule is O=C(Cc1cnsc1)NC1CN(C(=O)C2CCOC2)CC2(CC2)C1. The van der Waals surface area contributed by atoms with Gasteiger partial charge in [0.15, 0.2) is 0 Å². The second-order valence-corrected chi connectivity index (χ2v) is 8.11. The van der Waals surface area contributed by atoms with E-state index in [9.17, 15) is 9.59 Å². The van der Waals surface area contributed by atoms with Crippen LogP contribution in [-0.2, 0) is 20.7 Å². The Hall–Kier alpha value is -1.47. The summed E-state index contributed by atoms with van der Waals surface area (Å²) in [4.78, 5) is 27.0. The maximum atomic E-state index is 12.7. The number of rotatable bonds is 4. The Kier molecular flexibility index (Phi) is 4.30. The third kappa shape index (κ3) is 3.47. The fourth-order valence-electron chi connectivity index (χ4n) is 3.96. The number of amides is 2. The molecule has 2 saturated heterocycles. The van der Waals surface area contributed by atoms with Gasteiger partial charge in [-0.15, -0.1) is 0 Å². The summed E-state index contributed by atoms with van der Waals surface area (Å²) in [6.45, 7) is 2.71. The Morgan fingerprint density at radius 2 is 2.33 bits per heavy atom. The molecule has 7 heteroatoms. The van der Waals surface area contributed by atoms with Gasteiger partial charge < -0.3 is 15.0 Å². The maximum Gasteiger partial charge on any atom is 0.228 e. The molecule has 2 atom stereocenters. The molecule has 3 heterocycles. The van der Waals surface area contributed by atoms with Gasteiger partial charge in [-0.25, -0.2) is 4.37 Å². The van der Waals surface area contributed by atoms with Crippen LogP contribution in [0.4, 0.5) is 0 Å². The van der Waals surface area contributed by atoms with Crippen molar-refractivity contribution in [2.45, 2.75) is 38.1 Å². The molecule has 3 fully saturated rings. The number of nitrogens with zero attached hydrogens (tertiary/aromatic N) is 2. The Bertz CT molecular complexity index is 609. The molecule has 0 aromatic carbocycles. The van der Waals surface area contributed by atoms with Crippen molar-refractivity contribution < 1.29 is 14.3 Å². The standard InChI is InChI=1S/C17H23N3O3S/c21-15(5-12-7-18-24-10-12)19-14-6-17(2-3-17)11-20(8-14)16(22)13-1-4-23-9-13/h7,10,13-14H,1-6,8-9,11H2,(H,19,21). The van der Waals surface area contributed by atoms with Crippen LogP contribution in [0, 0.1) is 11.3 Å². The molecule has 1 N–H and O–H groups in total. The van der Waals surface area contributed by atoms with Gasteiger partial charge in [-0.3, -0.25) is 9.59 Å². The molecule has 2 amide bonds. The molecule has 1 saturated carbocycles. The molecule has 0 bridgehead atoms. The first-order chi connectivity index (χ1) is 11.6. The summed E-state index contributed by atoms with van der Waals surface area (Å²) in [5.41, 5.74) is 1.19. The summed E-state index contributed by atoms with van der Waals surface area (Å²) in [7, 11) is 0. The van der Waals surface area contributed by atoms with Crippen molar-refractivity contribution in [3.8, 4) is 0 Å². The van der Waals surface area contributed by atoms with Gasteiger partial charge in [0.1, 0.15) is 0 Å². The Morgan fingerprint density at radius 3 is 3.00 bits per heavy atom. The van der Waals surface area contributed by atoms with Gasteiger partial charge in [0, 0.05) is 37.3 Å². The highest BCUT2D eigenvalue weighted by atomic mass is 32.1. The number of likely N-dealkylation sites (tertiary alicyclic amines) is 1. The van der Waals surface area contributed by atoms with E-state index in [1.54, 1.807) is 6.20 Å². The summed E-state index contributed by atoms with van der Waals surface area (Å²) < 4.78 is 9.40. The molecule has 1 aromatic heterocycles. The third-order valence-corrected chi connectivity index (χ3v) is 6.04. The molecule has 1 aliphatic carbocycles. The van der Waals surface area contributed by atoms with E-state index < -0.39 is 0 Å². The zero-order valence-electron chi connectivity index (χ0n) is 13.7. The van der Waals surface area contributed by atoms with Crippen LogP contribution in [0.5, 0.6) is 0 Å². The molecule has 24 heavy (non-hydrogen) atoms. The van der Waals surface area contributed by atoms with Gasteiger partial charge in [-0.1, -0.05) is 0 Å². The van der Waals surface area contributed by atoms with Gasteiger partial charge >= 0.3 is 0 Å². The van der Waals surface area contributed by atoms with E-state index in [1.165, 1.54) is 24.4 Å². The van der Waals surface area contributed by atoms with Gasteiger partial charge in [-0.05, 0) is 48.2 Å². The molecule has 2 aliphatic heterocycles. The van der Waals surface area contributed by atoms with E-state index in [0.717, 1.165) is 24.9 Å². The molecular weight excluding hydrogens is 326 g/mol. The number of carbonyl (C=O) groups is 2. The van der Waals surface area contributed by atoms with Crippen molar-refractivity contribution in [2.75, 3.05) is 26.3 Å². The molecular formula is C17H23N3O3S. The lowest BCUT2D eigenvalue weighted by Gasteiger charge is -2.39. The molecule has 130 valence electrons. The van der Waals surface area contributed by atoms with E-state index >= 15 is 0 Å². The Labute approximate surface area is 145 Å². The summed E-state index contributed by atoms with van der Waals surface area (Å²) in [5, 5.41) is 5.04. The zero-order chi connectivity index (χ0) is 16.6. The van der Waals surface area contributed by atoms with Crippen LogP contribution in [0.2, 0.25) is 0 Å². The highest BCUT2D eigenvalue weighted by Crippen LogP contribution is 2.52. The summed E-state index contributed by atoms with van der Waals surface area (Å²) in [6, 6.07) is 0.0617. The molecule has 2 unspecified atom stereocenters. The Balaban J connectivity index is 1.38. The number of carbonyl (C=O) groups excluding carboxylic acids is 2. The van der Waals surface area contributed by atoms with Crippen molar-refractivity contribution >= 4 is 23.3 Å². The number of hydrogen-bond donors (Lipinski definition) is 1. The summed E-state index contributed by atoms with van der Waals surface area (Å²) in [6.07, 6.45) is 6.25. The topological polar surface area (TPSA) is 71.5 Å². The quantitative estimate of drug-likeness (QED) is 0.887. The van der Waals surface area contributed by atoms with Crippen molar-refractivity contribution in [3.63, 3.8) is 0 Å². The minimum atomic E-state index is 0.00660. The number of ether oxygens (including phenoxy) is 1. The molecule has 3 aliphatic rings. The lowest BCUT2D eigenvalue weighted by atomic mass is 9.90. The number of nitrogens with one attached hydrogen (secondary N) is 1. The van der Waals surface area contributed by atoms with E-state index in [1.807, 2.05) is 10.3 Å². The van der Waals surface area contributed by atoms with E-state index in [-0.39, 0.29) is 29.2 Å². The highest BCUT2D eigenvalue weighted by molar-refractivity contribution is 7.03. The zero-order valence-corrected chi connectivity index (χ0v) is 14.5. The fourth-order valence-corrected chi connectivity index (χ4v) is 4.49. The van der Waals surface area contributed by atoms with Crippen LogP contribution in [-0.4, -0.2) is 53.4 Å². The first kappa shape index (κ1) is 16.0. The molecule has 4 rings (SSSR count). The first-order valence-corrected chi connectivity index (χ1v) is 9.51. The fraction of sp³-hybridized carbons (Fsp3) is 0.706. The summed E-state index contributed by atoms with van der Waals surface area (Å²) in [5.74, 6) is 0.237. The van der Waals surface area contributed by atoms with Gasteiger partial charge in [0.25, 0.3) is 0 Å². The van der Waals surface area contributed by atoms with Crippen molar-refractivity contribution in [1.82, 2.24) is 14.6 Å². The molecule has 6 nitrogen and oxygen atoms in total. The van der Waals surface area contributed by atoms with E-state index in [0.29, 0.717) is 26.2 Å². The van der Waals surface area contributed by atoms with E-state index in [4.69, 9.17) is 4.74 Å². The smallest absolute Gasteiger partial charge is 0.228 e. The first-order valence-electron chi connectivity index (χ1n) is 8.68. The van der Waals surface area contributed by atoms with Gasteiger partial charge in [-0.2, -0.15) is 0 Å². The average Bonchev–Trinajstić information content (AvgIpc) is 3.02. The monoisotopic (exact) mass is 349 g/mol. The molecule has 1 aromatic rings. The normalized spacial score (nSPS) is 28.1. The lowest BCUT2D eigenvalue weighted by Crippen LogP contribution is -2.54. The van der Waals surface area contributed by atoms with Crippen molar-refractivity contribution in [2.24, 2.45) is 11.3 Å². The average molecular weight is 349 g/mol. The third-order valence-electron chi connectivity index (χ3n) is 5.41. The van der Waals surface area contributed by atoms with Crippen LogP contribution < -0.4 is 5.32 Å². The molecule has 1 spiro atoms. The predicted molar refractivity (Wildman–Crippen MR) is 89.5 cm³/mol. The van der Waals surface area contributed by atoms with Crippen molar-refractivity contribution in [1.29, 1.82) is 0 Å². The second kappa shape index (κ2) is 6.44. The second-order valence-electron chi connectivity index (χ2n) is 7.46. The van der Waals surface area contributed by atoms with Gasteiger partial charge in [0.2, 0.25) is 11.8 Å². The maximum absolute atomic E-state index is 12.7. The predicted octanol–water partition coefficient (Wildman–Crippen LogP) is 1.22. The minimum Gasteiger partial charge on any atom is -0.381 e. The van der Waals surface area contributed by atoms with Crippen LogP contribution in [0.15, 0.2) is 11.6 Å². The molecule has 0 radical (unpaired) electrons. The van der Waals surface area contributed by atoms with E-state index in [2.05, 4.69) is 9.69 Å². The Morgan fingerprint density at radius 1 is 1.46 bits per heavy atom. The van der Waals surface area contributed by atoms with Crippen molar-refractivity contribution in [3.05, 3.63) is 17.1 Å². The highest BCUT2D eigenvalue weighted by Gasteiger charge is 2.50. The van der Waals surface area contributed by atoms with Crippen LogP contribution in [0.3, 0.4) is 0 Å². The van der Waals surface area contributed by atoms with Crippen LogP contribution in [0.1, 0.15) is 31.2 Å².